The number of ether oxygens (including phenoxy) is 2. The maximum Gasteiger partial charge on any atom is 0.410 e. The number of nitrogens with zero attached hydrogens (tertiary/aromatic N) is 1. The third-order valence-corrected chi connectivity index (χ3v) is 2.38. The van der Waals surface area contributed by atoms with Gasteiger partial charge in [-0.1, -0.05) is 13.3 Å². The quantitative estimate of drug-likeness (QED) is 0.418. The van der Waals surface area contributed by atoms with Crippen molar-refractivity contribution < 1.29 is 19.1 Å². The Bertz CT molecular complexity index is 304. The molecule has 0 aromatic carbocycles. The molecule has 1 amide bonds. The topological polar surface area (TPSA) is 55.8 Å². The van der Waals surface area contributed by atoms with E-state index in [2.05, 4.69) is 0 Å². The van der Waals surface area contributed by atoms with Gasteiger partial charge < -0.3 is 14.4 Å². The summed E-state index contributed by atoms with van der Waals surface area (Å²) in [6.45, 7) is 5.55. The summed E-state index contributed by atoms with van der Waals surface area (Å²) in [6, 6.07) is 0. The van der Waals surface area contributed by atoms with Gasteiger partial charge in [-0.25, -0.2) is 9.59 Å². The van der Waals surface area contributed by atoms with Gasteiger partial charge in [-0.15, -0.1) is 0 Å². The van der Waals surface area contributed by atoms with Gasteiger partial charge in [0.05, 0.1) is 13.2 Å². The second-order valence-electron chi connectivity index (χ2n) is 3.88. The van der Waals surface area contributed by atoms with E-state index < -0.39 is 0 Å². The normalized spacial score (nSPS) is 14.0. The van der Waals surface area contributed by atoms with Gasteiger partial charge in [0.2, 0.25) is 0 Å². The molecule has 0 bridgehead atoms. The van der Waals surface area contributed by atoms with E-state index in [4.69, 9.17) is 9.47 Å². The van der Waals surface area contributed by atoms with E-state index in [1.54, 1.807) is 11.8 Å². The highest BCUT2D eigenvalue weighted by molar-refractivity contribution is 5.84. The summed E-state index contributed by atoms with van der Waals surface area (Å²) < 4.78 is 9.80. The van der Waals surface area contributed by atoms with Gasteiger partial charge in [0.15, 0.2) is 0 Å². The summed E-state index contributed by atoms with van der Waals surface area (Å²) >= 11 is 0. The summed E-state index contributed by atoms with van der Waals surface area (Å²) in [5, 5.41) is 0. The summed E-state index contributed by atoms with van der Waals surface area (Å²) in [5.74, 6) is -0.346. The molecule has 96 valence electrons. The molecule has 1 aliphatic rings. The third-order valence-electron chi connectivity index (χ3n) is 2.38. The Morgan fingerprint density at radius 2 is 2.00 bits per heavy atom. The third kappa shape index (κ3) is 4.46. The molecule has 1 saturated heterocycles. The maximum absolute atomic E-state index is 11.4. The van der Waals surface area contributed by atoms with Crippen molar-refractivity contribution in [3.8, 4) is 0 Å². The minimum atomic E-state index is -0.346. The number of rotatable bonds is 5. The van der Waals surface area contributed by atoms with Crippen LogP contribution in [-0.4, -0.2) is 43.3 Å². The van der Waals surface area contributed by atoms with Crippen molar-refractivity contribution in [1.29, 1.82) is 0 Å². The van der Waals surface area contributed by atoms with Gasteiger partial charge in [0.25, 0.3) is 0 Å². The van der Waals surface area contributed by atoms with Crippen LogP contribution in [0.4, 0.5) is 4.79 Å². The van der Waals surface area contributed by atoms with E-state index in [1.807, 2.05) is 6.92 Å². The number of amides is 1. The standard InChI is InChI=1S/C12H19NO4/c1-3-5-6-17-12(15)13-8-10(9-13)7-11(14)16-4-2/h7H,3-6,8-9H2,1-2H3. The van der Waals surface area contributed by atoms with Gasteiger partial charge in [0.1, 0.15) is 0 Å². The highest BCUT2D eigenvalue weighted by Crippen LogP contribution is 2.15. The van der Waals surface area contributed by atoms with Crippen LogP contribution in [0.5, 0.6) is 0 Å². The van der Waals surface area contributed by atoms with Crippen molar-refractivity contribution in [1.82, 2.24) is 4.90 Å². The fraction of sp³-hybridized carbons (Fsp3) is 0.667. The predicted molar refractivity (Wildman–Crippen MR) is 62.5 cm³/mol. The molecule has 0 spiro atoms. The van der Waals surface area contributed by atoms with E-state index in [-0.39, 0.29) is 12.1 Å². The SMILES string of the molecule is CCCCOC(=O)N1CC(=CC(=O)OCC)C1. The summed E-state index contributed by atoms with van der Waals surface area (Å²) in [5.41, 5.74) is 0.899. The molecular weight excluding hydrogens is 222 g/mol. The lowest BCUT2D eigenvalue weighted by atomic mass is 10.1. The predicted octanol–water partition coefficient (Wildman–Crippen LogP) is 1.73. The van der Waals surface area contributed by atoms with Gasteiger partial charge in [-0.05, 0) is 18.9 Å². The van der Waals surface area contributed by atoms with Crippen molar-refractivity contribution in [2.45, 2.75) is 26.7 Å². The van der Waals surface area contributed by atoms with Crippen LogP contribution in [0.25, 0.3) is 0 Å². The number of hydrogen-bond acceptors (Lipinski definition) is 4. The fourth-order valence-corrected chi connectivity index (χ4v) is 1.41. The van der Waals surface area contributed by atoms with Crippen LogP contribution in [0.1, 0.15) is 26.7 Å². The molecule has 5 heteroatoms. The van der Waals surface area contributed by atoms with Crippen LogP contribution in [0, 0.1) is 0 Å². The molecule has 1 rings (SSSR count). The van der Waals surface area contributed by atoms with Crippen LogP contribution in [0.2, 0.25) is 0 Å². The summed E-state index contributed by atoms with van der Waals surface area (Å²) in [6.07, 6.45) is 3.02. The molecule has 0 aromatic heterocycles. The lowest BCUT2D eigenvalue weighted by Gasteiger charge is -2.32. The molecule has 0 aliphatic carbocycles. The molecule has 0 atom stereocenters. The molecular formula is C12H19NO4. The molecule has 1 fully saturated rings. The Balaban J connectivity index is 2.22. The number of esters is 1. The Hall–Kier alpha value is -1.52. The first-order valence-corrected chi connectivity index (χ1v) is 5.95. The maximum atomic E-state index is 11.4. The molecule has 0 radical (unpaired) electrons. The van der Waals surface area contributed by atoms with Crippen molar-refractivity contribution in [2.24, 2.45) is 0 Å². The number of carbonyl (C=O) groups is 2. The minimum Gasteiger partial charge on any atom is -0.463 e. The van der Waals surface area contributed by atoms with Gasteiger partial charge in [-0.2, -0.15) is 0 Å². The van der Waals surface area contributed by atoms with Crippen LogP contribution in [0.15, 0.2) is 11.6 Å². The first kappa shape index (κ1) is 13.5. The molecule has 1 aliphatic heterocycles. The molecule has 0 saturated carbocycles. The average molecular weight is 241 g/mol. The van der Waals surface area contributed by atoms with Crippen molar-refractivity contribution in [3.05, 3.63) is 11.6 Å². The lowest BCUT2D eigenvalue weighted by molar-refractivity contribution is -0.137. The fourth-order valence-electron chi connectivity index (χ4n) is 1.41. The first-order chi connectivity index (χ1) is 8.17. The summed E-state index contributed by atoms with van der Waals surface area (Å²) in [7, 11) is 0. The van der Waals surface area contributed by atoms with Gasteiger partial charge >= 0.3 is 12.1 Å². The zero-order chi connectivity index (χ0) is 12.7. The Morgan fingerprint density at radius 1 is 1.29 bits per heavy atom. The monoisotopic (exact) mass is 241 g/mol. The van der Waals surface area contributed by atoms with E-state index >= 15 is 0 Å². The van der Waals surface area contributed by atoms with Crippen LogP contribution >= 0.6 is 0 Å². The highest BCUT2D eigenvalue weighted by atomic mass is 16.6. The Kier molecular flexibility index (Phi) is 5.52. The zero-order valence-electron chi connectivity index (χ0n) is 10.4. The van der Waals surface area contributed by atoms with Crippen LogP contribution < -0.4 is 0 Å². The smallest absolute Gasteiger partial charge is 0.410 e. The summed E-state index contributed by atoms with van der Waals surface area (Å²) in [4.78, 5) is 24.1. The molecule has 0 unspecified atom stereocenters. The van der Waals surface area contributed by atoms with Crippen molar-refractivity contribution in [2.75, 3.05) is 26.3 Å². The molecule has 0 aromatic rings. The zero-order valence-corrected chi connectivity index (χ0v) is 10.4. The number of likely N-dealkylation sites (tertiary alicyclic amines) is 1. The second-order valence-corrected chi connectivity index (χ2v) is 3.88. The first-order valence-electron chi connectivity index (χ1n) is 5.95. The minimum absolute atomic E-state index is 0.306. The molecule has 17 heavy (non-hydrogen) atoms. The van der Waals surface area contributed by atoms with E-state index in [9.17, 15) is 9.59 Å². The number of unbranched alkanes of at least 4 members (excludes halogenated alkanes) is 1. The van der Waals surface area contributed by atoms with E-state index in [0.717, 1.165) is 18.4 Å². The molecule has 5 nitrogen and oxygen atoms in total. The number of hydrogen-bond donors (Lipinski definition) is 0. The Morgan fingerprint density at radius 3 is 2.59 bits per heavy atom. The largest absolute Gasteiger partial charge is 0.463 e. The van der Waals surface area contributed by atoms with Crippen molar-refractivity contribution in [3.63, 3.8) is 0 Å². The Labute approximate surface area is 101 Å². The lowest BCUT2D eigenvalue weighted by Crippen LogP contribution is -2.45. The van der Waals surface area contributed by atoms with E-state index in [1.165, 1.54) is 6.08 Å². The van der Waals surface area contributed by atoms with Gasteiger partial charge in [0, 0.05) is 19.2 Å². The van der Waals surface area contributed by atoms with Crippen LogP contribution in [-0.2, 0) is 14.3 Å². The number of carbonyl (C=O) groups excluding carboxylic acids is 2. The highest BCUT2D eigenvalue weighted by Gasteiger charge is 2.26. The van der Waals surface area contributed by atoms with Gasteiger partial charge in [-0.3, -0.25) is 0 Å². The van der Waals surface area contributed by atoms with Crippen molar-refractivity contribution >= 4 is 12.1 Å². The van der Waals surface area contributed by atoms with Crippen LogP contribution in [0.3, 0.4) is 0 Å². The van der Waals surface area contributed by atoms with E-state index in [0.29, 0.717) is 26.3 Å². The molecule has 1 heterocycles. The second kappa shape index (κ2) is 6.93. The average Bonchev–Trinajstić information content (AvgIpc) is 2.23. The molecule has 0 N–H and O–H groups in total.